The number of nitrogens with one attached hydrogen (secondary N) is 2. The summed E-state index contributed by atoms with van der Waals surface area (Å²) in [4.78, 5) is 12.7. The Kier molecular flexibility index (Phi) is 4.76. The average molecular weight is 265 g/mol. The fourth-order valence-electron chi connectivity index (χ4n) is 2.51. The van der Waals surface area contributed by atoms with Crippen LogP contribution in [0.25, 0.3) is 0 Å². The highest BCUT2D eigenvalue weighted by Crippen LogP contribution is 2.30. The normalized spacial score (nSPS) is 22.3. The number of ether oxygens (including phenoxy) is 1. The molecule has 1 aromatic heterocycles. The smallest absolute Gasteiger partial charge is 0.322 e. The molecule has 2 rings (SSSR count). The quantitative estimate of drug-likeness (QED) is 0.821. The van der Waals surface area contributed by atoms with Crippen molar-refractivity contribution in [1.82, 2.24) is 15.0 Å². The Morgan fingerprint density at radius 2 is 1.89 bits per heavy atom. The number of hydrogen-bond donors (Lipinski definition) is 2. The molecule has 19 heavy (non-hydrogen) atoms. The van der Waals surface area contributed by atoms with Gasteiger partial charge in [-0.1, -0.05) is 13.3 Å². The molecule has 1 aliphatic rings. The summed E-state index contributed by atoms with van der Waals surface area (Å²) in [5.41, 5.74) is 0. The Labute approximate surface area is 114 Å². The van der Waals surface area contributed by atoms with Gasteiger partial charge in [-0.3, -0.25) is 0 Å². The van der Waals surface area contributed by atoms with Crippen LogP contribution < -0.4 is 15.4 Å². The van der Waals surface area contributed by atoms with E-state index in [2.05, 4.69) is 32.5 Å². The lowest BCUT2D eigenvalue weighted by Gasteiger charge is -2.12. The van der Waals surface area contributed by atoms with Gasteiger partial charge in [0.25, 0.3) is 0 Å². The van der Waals surface area contributed by atoms with Gasteiger partial charge >= 0.3 is 6.01 Å². The van der Waals surface area contributed by atoms with E-state index in [4.69, 9.17) is 4.74 Å². The summed E-state index contributed by atoms with van der Waals surface area (Å²) in [7, 11) is 1.56. The number of rotatable bonds is 6. The highest BCUT2D eigenvalue weighted by Gasteiger charge is 2.21. The van der Waals surface area contributed by atoms with Crippen molar-refractivity contribution >= 4 is 11.9 Å². The number of nitrogens with zero attached hydrogens (tertiary/aromatic N) is 3. The van der Waals surface area contributed by atoms with Gasteiger partial charge in [0.2, 0.25) is 11.9 Å². The van der Waals surface area contributed by atoms with E-state index < -0.39 is 0 Å². The molecule has 6 nitrogen and oxygen atoms in total. The van der Waals surface area contributed by atoms with Crippen molar-refractivity contribution in [2.24, 2.45) is 11.8 Å². The van der Waals surface area contributed by atoms with Crippen molar-refractivity contribution in [1.29, 1.82) is 0 Å². The summed E-state index contributed by atoms with van der Waals surface area (Å²) in [6, 6.07) is 0.341. The van der Waals surface area contributed by atoms with Crippen molar-refractivity contribution in [3.63, 3.8) is 0 Å². The first-order valence-electron chi connectivity index (χ1n) is 6.99. The molecule has 1 fully saturated rings. The van der Waals surface area contributed by atoms with Crippen LogP contribution in [0.15, 0.2) is 0 Å². The molecule has 2 atom stereocenters. The zero-order chi connectivity index (χ0) is 13.7. The third-order valence-electron chi connectivity index (χ3n) is 3.48. The third kappa shape index (κ3) is 3.94. The average Bonchev–Trinajstić information content (AvgIpc) is 2.82. The van der Waals surface area contributed by atoms with Gasteiger partial charge in [-0.15, -0.1) is 0 Å². The molecule has 0 bridgehead atoms. The summed E-state index contributed by atoms with van der Waals surface area (Å²) in [5.74, 6) is 2.70. The lowest BCUT2D eigenvalue weighted by molar-refractivity contribution is 0.379. The minimum atomic E-state index is 0.341. The summed E-state index contributed by atoms with van der Waals surface area (Å²) >= 11 is 0. The van der Waals surface area contributed by atoms with E-state index in [1.807, 2.05) is 6.92 Å². The summed E-state index contributed by atoms with van der Waals surface area (Å²) in [6.07, 6.45) is 3.90. The van der Waals surface area contributed by atoms with E-state index >= 15 is 0 Å². The number of anilines is 2. The predicted molar refractivity (Wildman–Crippen MR) is 75.5 cm³/mol. The maximum absolute atomic E-state index is 5.09. The molecule has 0 aromatic carbocycles. The summed E-state index contributed by atoms with van der Waals surface area (Å²) < 4.78 is 5.09. The fourth-order valence-corrected chi connectivity index (χ4v) is 2.51. The highest BCUT2D eigenvalue weighted by atomic mass is 16.5. The molecule has 0 radical (unpaired) electrons. The van der Waals surface area contributed by atoms with Crippen molar-refractivity contribution in [3.05, 3.63) is 0 Å². The number of methoxy groups -OCH3 is 1. The van der Waals surface area contributed by atoms with Gasteiger partial charge in [-0.2, -0.15) is 15.0 Å². The Hall–Kier alpha value is -1.59. The molecule has 106 valence electrons. The maximum Gasteiger partial charge on any atom is 0.322 e. The number of aromatic nitrogens is 3. The fraction of sp³-hybridized carbons (Fsp3) is 0.769. The molecular weight excluding hydrogens is 242 g/mol. The van der Waals surface area contributed by atoms with Crippen molar-refractivity contribution in [2.75, 3.05) is 30.8 Å². The van der Waals surface area contributed by atoms with Crippen molar-refractivity contribution in [2.45, 2.75) is 33.1 Å². The molecule has 2 N–H and O–H groups in total. The molecule has 1 aliphatic carbocycles. The van der Waals surface area contributed by atoms with Gasteiger partial charge in [-0.25, -0.2) is 0 Å². The van der Waals surface area contributed by atoms with Crippen LogP contribution in [0.3, 0.4) is 0 Å². The van der Waals surface area contributed by atoms with E-state index in [-0.39, 0.29) is 0 Å². The van der Waals surface area contributed by atoms with E-state index in [0.717, 1.165) is 24.9 Å². The van der Waals surface area contributed by atoms with Gasteiger partial charge < -0.3 is 15.4 Å². The summed E-state index contributed by atoms with van der Waals surface area (Å²) in [6.45, 7) is 6.01. The maximum atomic E-state index is 5.09. The van der Waals surface area contributed by atoms with Crippen LogP contribution in [0, 0.1) is 11.8 Å². The zero-order valence-electron chi connectivity index (χ0n) is 11.9. The molecular formula is C13H23N5O. The van der Waals surface area contributed by atoms with Crippen molar-refractivity contribution < 1.29 is 4.74 Å². The van der Waals surface area contributed by atoms with Crippen LogP contribution >= 0.6 is 0 Å². The minimum absolute atomic E-state index is 0.341. The van der Waals surface area contributed by atoms with E-state index in [0.29, 0.717) is 17.9 Å². The first-order valence-corrected chi connectivity index (χ1v) is 6.99. The topological polar surface area (TPSA) is 72.0 Å². The monoisotopic (exact) mass is 265 g/mol. The van der Waals surface area contributed by atoms with Gasteiger partial charge in [0.05, 0.1) is 7.11 Å². The molecule has 1 heterocycles. The van der Waals surface area contributed by atoms with E-state index in [9.17, 15) is 0 Å². The third-order valence-corrected chi connectivity index (χ3v) is 3.48. The molecule has 2 unspecified atom stereocenters. The highest BCUT2D eigenvalue weighted by molar-refractivity contribution is 5.35. The Morgan fingerprint density at radius 3 is 2.47 bits per heavy atom. The standard InChI is InChI=1S/C13H23N5O/c1-4-14-11-16-12(18-13(17-11)19-3)15-8-10-6-5-9(2)7-10/h9-10H,4-8H2,1-3H3,(H2,14,15,16,17,18). The second kappa shape index (κ2) is 6.54. The molecule has 0 amide bonds. The van der Waals surface area contributed by atoms with Crippen LogP contribution in [0.5, 0.6) is 6.01 Å². The minimum Gasteiger partial charge on any atom is -0.467 e. The van der Waals surface area contributed by atoms with Crippen LogP contribution in [0.1, 0.15) is 33.1 Å². The van der Waals surface area contributed by atoms with Crippen LogP contribution in [-0.4, -0.2) is 35.2 Å². The molecule has 1 saturated carbocycles. The van der Waals surface area contributed by atoms with Gasteiger partial charge in [0.1, 0.15) is 0 Å². The molecule has 0 spiro atoms. The van der Waals surface area contributed by atoms with E-state index in [1.54, 1.807) is 7.11 Å². The second-order valence-electron chi connectivity index (χ2n) is 5.16. The Morgan fingerprint density at radius 1 is 1.16 bits per heavy atom. The van der Waals surface area contributed by atoms with Gasteiger partial charge in [0.15, 0.2) is 0 Å². The first-order chi connectivity index (χ1) is 9.21. The first kappa shape index (κ1) is 13.8. The molecule has 6 heteroatoms. The summed E-state index contributed by atoms with van der Waals surface area (Å²) in [5, 5.41) is 6.37. The number of hydrogen-bond acceptors (Lipinski definition) is 6. The van der Waals surface area contributed by atoms with E-state index in [1.165, 1.54) is 19.3 Å². The Bertz CT molecular complexity index is 412. The predicted octanol–water partition coefficient (Wildman–Crippen LogP) is 2.16. The molecule has 0 aliphatic heterocycles. The Balaban J connectivity index is 1.96. The molecule has 1 aromatic rings. The van der Waals surface area contributed by atoms with Crippen LogP contribution in [0.2, 0.25) is 0 Å². The van der Waals surface area contributed by atoms with Gasteiger partial charge in [0, 0.05) is 13.1 Å². The second-order valence-corrected chi connectivity index (χ2v) is 5.16. The zero-order valence-corrected chi connectivity index (χ0v) is 11.9. The SMILES string of the molecule is CCNc1nc(NCC2CCC(C)C2)nc(OC)n1. The lowest BCUT2D eigenvalue weighted by atomic mass is 10.1. The van der Waals surface area contributed by atoms with Crippen molar-refractivity contribution in [3.8, 4) is 6.01 Å². The van der Waals surface area contributed by atoms with Gasteiger partial charge in [-0.05, 0) is 31.6 Å². The lowest BCUT2D eigenvalue weighted by Crippen LogP contribution is -2.15. The largest absolute Gasteiger partial charge is 0.467 e. The molecule has 0 saturated heterocycles. The van der Waals surface area contributed by atoms with Crippen LogP contribution in [-0.2, 0) is 0 Å². The van der Waals surface area contributed by atoms with Crippen LogP contribution in [0.4, 0.5) is 11.9 Å².